The highest BCUT2D eigenvalue weighted by Gasteiger charge is 2.12. The third-order valence-electron chi connectivity index (χ3n) is 3.48. The first-order valence-corrected chi connectivity index (χ1v) is 6.90. The number of nitrogens with one attached hydrogen (secondary N) is 1. The van der Waals surface area contributed by atoms with E-state index in [-0.39, 0.29) is 12.5 Å². The van der Waals surface area contributed by atoms with Crippen LogP contribution in [0.25, 0.3) is 0 Å². The first-order chi connectivity index (χ1) is 10.4. The predicted octanol–water partition coefficient (Wildman–Crippen LogP) is 0.889. The van der Waals surface area contributed by atoms with Crippen LogP contribution in [0.4, 0.5) is 5.69 Å². The Hall–Kier alpha value is -2.64. The highest BCUT2D eigenvalue weighted by atomic mass is 16.4. The smallest absolute Gasteiger partial charge is 0.325 e. The van der Waals surface area contributed by atoms with E-state index in [1.807, 2.05) is 20.9 Å². The van der Waals surface area contributed by atoms with E-state index < -0.39 is 5.97 Å². The second-order valence-electron chi connectivity index (χ2n) is 5.14. The molecule has 2 heterocycles. The summed E-state index contributed by atoms with van der Waals surface area (Å²) >= 11 is 0. The second-order valence-corrected chi connectivity index (χ2v) is 5.14. The summed E-state index contributed by atoms with van der Waals surface area (Å²) in [4.78, 5) is 22.5. The fourth-order valence-corrected chi connectivity index (χ4v) is 2.29. The lowest BCUT2D eigenvalue weighted by Gasteiger charge is -2.03. The van der Waals surface area contributed by atoms with Gasteiger partial charge in [0.15, 0.2) is 0 Å². The highest BCUT2D eigenvalue weighted by Crippen LogP contribution is 2.14. The molecule has 118 valence electrons. The molecular weight excluding hydrogens is 286 g/mol. The summed E-state index contributed by atoms with van der Waals surface area (Å²) in [5.41, 5.74) is 3.56. The van der Waals surface area contributed by atoms with E-state index >= 15 is 0 Å². The van der Waals surface area contributed by atoms with Gasteiger partial charge in [-0.2, -0.15) is 10.2 Å². The van der Waals surface area contributed by atoms with E-state index in [0.29, 0.717) is 18.5 Å². The number of carbonyl (C=O) groups is 2. The molecule has 0 atom stereocenters. The van der Waals surface area contributed by atoms with Gasteiger partial charge >= 0.3 is 5.97 Å². The van der Waals surface area contributed by atoms with Crippen LogP contribution in [0.5, 0.6) is 0 Å². The summed E-state index contributed by atoms with van der Waals surface area (Å²) in [5.74, 6) is -1.12. The molecule has 0 aromatic carbocycles. The van der Waals surface area contributed by atoms with Crippen LogP contribution in [0, 0.1) is 13.8 Å². The number of amides is 1. The molecule has 8 heteroatoms. The number of carboxylic acid groups (broad SMARTS) is 1. The van der Waals surface area contributed by atoms with Crippen LogP contribution in [0.1, 0.15) is 23.4 Å². The number of rotatable bonds is 6. The van der Waals surface area contributed by atoms with Crippen molar-refractivity contribution >= 4 is 17.6 Å². The third-order valence-corrected chi connectivity index (χ3v) is 3.48. The normalized spacial score (nSPS) is 10.7. The van der Waals surface area contributed by atoms with Crippen molar-refractivity contribution in [1.29, 1.82) is 0 Å². The summed E-state index contributed by atoms with van der Waals surface area (Å²) in [5, 5.41) is 19.6. The maximum absolute atomic E-state index is 12.0. The molecule has 0 unspecified atom stereocenters. The van der Waals surface area contributed by atoms with E-state index in [1.165, 1.54) is 17.1 Å². The lowest BCUT2D eigenvalue weighted by atomic mass is 10.1. The zero-order chi connectivity index (χ0) is 16.3. The first-order valence-electron chi connectivity index (χ1n) is 6.90. The zero-order valence-electron chi connectivity index (χ0n) is 12.8. The topological polar surface area (TPSA) is 102 Å². The fourth-order valence-electron chi connectivity index (χ4n) is 2.29. The van der Waals surface area contributed by atoms with Gasteiger partial charge < -0.3 is 10.4 Å². The van der Waals surface area contributed by atoms with Crippen LogP contribution in [-0.4, -0.2) is 36.5 Å². The van der Waals surface area contributed by atoms with Gasteiger partial charge in [0.25, 0.3) is 0 Å². The molecule has 0 spiro atoms. The van der Waals surface area contributed by atoms with Gasteiger partial charge in [0.2, 0.25) is 5.91 Å². The van der Waals surface area contributed by atoms with Crippen LogP contribution in [0.3, 0.4) is 0 Å². The molecule has 0 bridgehead atoms. The van der Waals surface area contributed by atoms with Gasteiger partial charge in [-0.15, -0.1) is 0 Å². The molecule has 0 saturated heterocycles. The molecule has 0 aliphatic heterocycles. The SMILES string of the molecule is Cc1nn(C)c(C)c1CCC(=O)Nc1cnn(CC(=O)O)c1. The number of nitrogens with zero attached hydrogens (tertiary/aromatic N) is 4. The minimum absolute atomic E-state index is 0.141. The number of aromatic nitrogens is 4. The average molecular weight is 305 g/mol. The number of carbonyl (C=O) groups excluding carboxylic acids is 1. The fraction of sp³-hybridized carbons (Fsp3) is 0.429. The van der Waals surface area contributed by atoms with Gasteiger partial charge in [-0.25, -0.2) is 0 Å². The Bertz CT molecular complexity index is 701. The molecule has 22 heavy (non-hydrogen) atoms. The summed E-state index contributed by atoms with van der Waals surface area (Å²) in [6.07, 6.45) is 3.87. The van der Waals surface area contributed by atoms with Crippen molar-refractivity contribution in [3.8, 4) is 0 Å². The Morgan fingerprint density at radius 3 is 2.68 bits per heavy atom. The molecule has 2 N–H and O–H groups in total. The molecule has 0 radical (unpaired) electrons. The van der Waals surface area contributed by atoms with E-state index in [9.17, 15) is 9.59 Å². The summed E-state index contributed by atoms with van der Waals surface area (Å²) in [7, 11) is 1.88. The van der Waals surface area contributed by atoms with Gasteiger partial charge in [0.05, 0.1) is 17.6 Å². The highest BCUT2D eigenvalue weighted by molar-refractivity contribution is 5.90. The Kier molecular flexibility index (Phi) is 4.59. The molecule has 1 amide bonds. The molecular formula is C14H19N5O3. The summed E-state index contributed by atoms with van der Waals surface area (Å²) in [6, 6.07) is 0. The molecule has 0 fully saturated rings. The molecule has 2 aromatic heterocycles. The van der Waals surface area contributed by atoms with Crippen molar-refractivity contribution in [1.82, 2.24) is 19.6 Å². The maximum atomic E-state index is 12.0. The van der Waals surface area contributed by atoms with Crippen molar-refractivity contribution in [2.75, 3.05) is 5.32 Å². The number of hydrogen-bond donors (Lipinski definition) is 2. The van der Waals surface area contributed by atoms with Crippen LogP contribution in [-0.2, 0) is 29.6 Å². The lowest BCUT2D eigenvalue weighted by molar-refractivity contribution is -0.137. The van der Waals surface area contributed by atoms with Gasteiger partial charge in [-0.1, -0.05) is 0 Å². The van der Waals surface area contributed by atoms with Gasteiger partial charge in [0, 0.05) is 25.4 Å². The Balaban J connectivity index is 1.90. The van der Waals surface area contributed by atoms with E-state index in [1.54, 1.807) is 4.68 Å². The van der Waals surface area contributed by atoms with Crippen LogP contribution < -0.4 is 5.32 Å². The number of hydrogen-bond acceptors (Lipinski definition) is 4. The largest absolute Gasteiger partial charge is 0.480 e. The minimum atomic E-state index is -0.983. The lowest BCUT2D eigenvalue weighted by Crippen LogP contribution is -2.12. The number of aliphatic carboxylic acids is 1. The number of aryl methyl sites for hydroxylation is 2. The predicted molar refractivity (Wildman–Crippen MR) is 79.5 cm³/mol. The average Bonchev–Trinajstić information content (AvgIpc) is 2.93. The molecule has 0 aliphatic rings. The van der Waals surface area contributed by atoms with Crippen molar-refractivity contribution in [2.45, 2.75) is 33.2 Å². The van der Waals surface area contributed by atoms with E-state index in [0.717, 1.165) is 17.0 Å². The van der Waals surface area contributed by atoms with Gasteiger partial charge in [-0.05, 0) is 25.8 Å². The molecule has 2 aromatic rings. The quantitative estimate of drug-likeness (QED) is 0.825. The Morgan fingerprint density at radius 2 is 2.09 bits per heavy atom. The summed E-state index contributed by atoms with van der Waals surface area (Å²) in [6.45, 7) is 3.67. The van der Waals surface area contributed by atoms with Gasteiger partial charge in [0.1, 0.15) is 6.54 Å². The van der Waals surface area contributed by atoms with Gasteiger partial charge in [-0.3, -0.25) is 19.0 Å². The Labute approximate surface area is 127 Å². The molecule has 8 nitrogen and oxygen atoms in total. The van der Waals surface area contributed by atoms with Crippen molar-refractivity contribution in [3.63, 3.8) is 0 Å². The molecule has 0 saturated carbocycles. The maximum Gasteiger partial charge on any atom is 0.325 e. The summed E-state index contributed by atoms with van der Waals surface area (Å²) < 4.78 is 3.06. The van der Waals surface area contributed by atoms with Crippen LogP contribution >= 0.6 is 0 Å². The van der Waals surface area contributed by atoms with Crippen LogP contribution in [0.2, 0.25) is 0 Å². The Morgan fingerprint density at radius 1 is 1.36 bits per heavy atom. The number of carboxylic acids is 1. The van der Waals surface area contributed by atoms with Crippen molar-refractivity contribution < 1.29 is 14.7 Å². The van der Waals surface area contributed by atoms with E-state index in [2.05, 4.69) is 15.5 Å². The van der Waals surface area contributed by atoms with Crippen molar-refractivity contribution in [2.24, 2.45) is 7.05 Å². The molecule has 0 aliphatic carbocycles. The first kappa shape index (κ1) is 15.7. The number of anilines is 1. The minimum Gasteiger partial charge on any atom is -0.480 e. The third kappa shape index (κ3) is 3.72. The monoisotopic (exact) mass is 305 g/mol. The molecule has 2 rings (SSSR count). The van der Waals surface area contributed by atoms with Crippen molar-refractivity contribution in [3.05, 3.63) is 29.3 Å². The standard InChI is InChI=1S/C14H19N5O3/c1-9-12(10(2)18(3)17-9)4-5-13(20)16-11-6-15-19(7-11)8-14(21)22/h6-7H,4-5,8H2,1-3H3,(H,16,20)(H,21,22). The zero-order valence-corrected chi connectivity index (χ0v) is 12.8. The van der Waals surface area contributed by atoms with E-state index in [4.69, 9.17) is 5.11 Å². The second kappa shape index (κ2) is 6.42. The van der Waals surface area contributed by atoms with Crippen LogP contribution in [0.15, 0.2) is 12.4 Å².